The van der Waals surface area contributed by atoms with Gasteiger partial charge < -0.3 is 10.2 Å². The van der Waals surface area contributed by atoms with Crippen LogP contribution in [0.15, 0.2) is 18.2 Å². The lowest BCUT2D eigenvalue weighted by Gasteiger charge is -2.22. The van der Waals surface area contributed by atoms with Crippen LogP contribution in [-0.2, 0) is 11.2 Å². The molecule has 1 atom stereocenters. The van der Waals surface area contributed by atoms with Crippen molar-refractivity contribution in [3.05, 3.63) is 29.3 Å². The summed E-state index contributed by atoms with van der Waals surface area (Å²) in [7, 11) is 0. The highest BCUT2D eigenvalue weighted by atomic mass is 16.2. The standard InChI is InChI=1S/C18H24N2O2/c1-12(2)18(22)20-9-7-13-10-14(5-6-16(13)20)17(21)15-4-3-8-19-11-15/h5-6,10,12,15,19H,3-4,7-9,11H2,1-2H3. The van der Waals surface area contributed by atoms with Crippen LogP contribution >= 0.6 is 0 Å². The molecule has 4 heteroatoms. The second kappa shape index (κ2) is 6.21. The van der Waals surface area contributed by atoms with E-state index in [2.05, 4.69) is 5.32 Å². The topological polar surface area (TPSA) is 49.4 Å². The number of nitrogens with one attached hydrogen (secondary N) is 1. The van der Waals surface area contributed by atoms with Gasteiger partial charge in [0, 0.05) is 36.2 Å². The van der Waals surface area contributed by atoms with Gasteiger partial charge in [-0.25, -0.2) is 0 Å². The average Bonchev–Trinajstić information content (AvgIpc) is 2.97. The monoisotopic (exact) mass is 300 g/mol. The summed E-state index contributed by atoms with van der Waals surface area (Å²) in [5.41, 5.74) is 2.91. The molecule has 0 aliphatic carbocycles. The second-order valence-corrected chi connectivity index (χ2v) is 6.65. The smallest absolute Gasteiger partial charge is 0.229 e. The Morgan fingerprint density at radius 1 is 1.32 bits per heavy atom. The first-order valence-corrected chi connectivity index (χ1v) is 8.27. The van der Waals surface area contributed by atoms with Crippen molar-refractivity contribution in [1.82, 2.24) is 5.32 Å². The maximum atomic E-state index is 12.6. The van der Waals surface area contributed by atoms with Gasteiger partial charge in [0.2, 0.25) is 5.91 Å². The number of nitrogens with zero attached hydrogens (tertiary/aromatic N) is 1. The fourth-order valence-corrected chi connectivity index (χ4v) is 3.41. The number of anilines is 1. The number of piperidine rings is 1. The highest BCUT2D eigenvalue weighted by Gasteiger charge is 2.28. The second-order valence-electron chi connectivity index (χ2n) is 6.65. The molecule has 0 aromatic heterocycles. The first-order chi connectivity index (χ1) is 10.6. The van der Waals surface area contributed by atoms with Crippen molar-refractivity contribution in [2.45, 2.75) is 33.1 Å². The van der Waals surface area contributed by atoms with Gasteiger partial charge >= 0.3 is 0 Å². The largest absolute Gasteiger partial charge is 0.316 e. The molecule has 22 heavy (non-hydrogen) atoms. The molecule has 0 spiro atoms. The van der Waals surface area contributed by atoms with Crippen molar-refractivity contribution in [3.8, 4) is 0 Å². The van der Waals surface area contributed by atoms with Crippen molar-refractivity contribution >= 4 is 17.4 Å². The van der Waals surface area contributed by atoms with Gasteiger partial charge in [-0.3, -0.25) is 9.59 Å². The number of hydrogen-bond acceptors (Lipinski definition) is 3. The summed E-state index contributed by atoms with van der Waals surface area (Å²) in [6.07, 6.45) is 2.89. The van der Waals surface area contributed by atoms with E-state index < -0.39 is 0 Å². The molecular formula is C18H24N2O2. The third-order valence-electron chi connectivity index (χ3n) is 4.69. The third-order valence-corrected chi connectivity index (χ3v) is 4.69. The number of fused-ring (bicyclic) bond motifs is 1. The summed E-state index contributed by atoms with van der Waals surface area (Å²) in [4.78, 5) is 26.7. The summed E-state index contributed by atoms with van der Waals surface area (Å²) >= 11 is 0. The molecule has 2 aliphatic heterocycles. The van der Waals surface area contributed by atoms with Crippen LogP contribution in [0.5, 0.6) is 0 Å². The highest BCUT2D eigenvalue weighted by molar-refractivity contribution is 6.01. The Balaban J connectivity index is 1.80. The number of hydrogen-bond donors (Lipinski definition) is 1. The number of carbonyl (C=O) groups excluding carboxylic acids is 2. The summed E-state index contributed by atoms with van der Waals surface area (Å²) < 4.78 is 0. The van der Waals surface area contributed by atoms with Crippen LogP contribution in [0.3, 0.4) is 0 Å². The number of carbonyl (C=O) groups is 2. The van der Waals surface area contributed by atoms with Crippen molar-refractivity contribution in [1.29, 1.82) is 0 Å². The van der Waals surface area contributed by atoms with E-state index in [0.717, 1.165) is 55.7 Å². The van der Waals surface area contributed by atoms with Gasteiger partial charge in [-0.1, -0.05) is 13.8 Å². The molecule has 4 nitrogen and oxygen atoms in total. The molecule has 1 unspecified atom stereocenters. The van der Waals surface area contributed by atoms with E-state index in [1.807, 2.05) is 36.9 Å². The summed E-state index contributed by atoms with van der Waals surface area (Å²) in [6.45, 7) is 6.38. The van der Waals surface area contributed by atoms with E-state index in [1.54, 1.807) is 0 Å². The van der Waals surface area contributed by atoms with E-state index >= 15 is 0 Å². The number of Topliss-reactive ketones (excluding diaryl/α,β-unsaturated/α-hetero) is 1. The maximum absolute atomic E-state index is 12.6. The van der Waals surface area contributed by atoms with E-state index in [0.29, 0.717) is 0 Å². The molecule has 3 rings (SSSR count). The zero-order valence-electron chi connectivity index (χ0n) is 13.4. The minimum Gasteiger partial charge on any atom is -0.316 e. The van der Waals surface area contributed by atoms with E-state index in [9.17, 15) is 9.59 Å². The van der Waals surface area contributed by atoms with Gasteiger partial charge in [0.1, 0.15) is 0 Å². The van der Waals surface area contributed by atoms with Crippen molar-refractivity contribution in [2.24, 2.45) is 11.8 Å². The summed E-state index contributed by atoms with van der Waals surface area (Å²) in [5.74, 6) is 0.500. The number of rotatable bonds is 3. The van der Waals surface area contributed by atoms with Crippen LogP contribution in [-0.4, -0.2) is 31.3 Å². The lowest BCUT2D eigenvalue weighted by molar-refractivity contribution is -0.121. The minimum absolute atomic E-state index is 0.000529. The Labute approximate surface area is 131 Å². The van der Waals surface area contributed by atoms with Gasteiger partial charge in [-0.2, -0.15) is 0 Å². The molecular weight excluding hydrogens is 276 g/mol. The van der Waals surface area contributed by atoms with Crippen LogP contribution in [0.25, 0.3) is 0 Å². The molecule has 1 fully saturated rings. The Bertz CT molecular complexity index is 589. The molecule has 1 aromatic carbocycles. The fourth-order valence-electron chi connectivity index (χ4n) is 3.41. The molecule has 0 saturated carbocycles. The lowest BCUT2D eigenvalue weighted by atomic mass is 9.90. The molecule has 1 aromatic rings. The van der Waals surface area contributed by atoms with Crippen LogP contribution < -0.4 is 10.2 Å². The zero-order chi connectivity index (χ0) is 15.7. The van der Waals surface area contributed by atoms with Crippen LogP contribution in [0.4, 0.5) is 5.69 Å². The van der Waals surface area contributed by atoms with Crippen LogP contribution in [0, 0.1) is 11.8 Å². The number of amides is 1. The summed E-state index contributed by atoms with van der Waals surface area (Å²) in [6, 6.07) is 5.84. The zero-order valence-corrected chi connectivity index (χ0v) is 13.4. The Morgan fingerprint density at radius 3 is 2.82 bits per heavy atom. The summed E-state index contributed by atoms with van der Waals surface area (Å²) in [5, 5.41) is 3.30. The molecule has 2 heterocycles. The fraction of sp³-hybridized carbons (Fsp3) is 0.556. The Hall–Kier alpha value is -1.68. The van der Waals surface area contributed by atoms with Crippen molar-refractivity contribution in [2.75, 3.05) is 24.5 Å². The van der Waals surface area contributed by atoms with Gasteiger partial charge in [0.05, 0.1) is 0 Å². The van der Waals surface area contributed by atoms with Gasteiger partial charge in [0.15, 0.2) is 5.78 Å². The van der Waals surface area contributed by atoms with Gasteiger partial charge in [-0.05, 0) is 49.6 Å². The predicted octanol–water partition coefficient (Wildman–Crippen LogP) is 2.41. The Kier molecular flexibility index (Phi) is 4.30. The molecule has 0 bridgehead atoms. The van der Waals surface area contributed by atoms with Crippen molar-refractivity contribution in [3.63, 3.8) is 0 Å². The van der Waals surface area contributed by atoms with Crippen LogP contribution in [0.1, 0.15) is 42.6 Å². The normalized spacial score (nSPS) is 21.0. The minimum atomic E-state index is 0.000529. The predicted molar refractivity (Wildman–Crippen MR) is 87.3 cm³/mol. The molecule has 0 radical (unpaired) electrons. The maximum Gasteiger partial charge on any atom is 0.229 e. The van der Waals surface area contributed by atoms with E-state index in [1.165, 1.54) is 0 Å². The molecule has 118 valence electrons. The first-order valence-electron chi connectivity index (χ1n) is 8.27. The van der Waals surface area contributed by atoms with Crippen molar-refractivity contribution < 1.29 is 9.59 Å². The highest BCUT2D eigenvalue weighted by Crippen LogP contribution is 2.31. The van der Waals surface area contributed by atoms with E-state index in [-0.39, 0.29) is 23.5 Å². The average molecular weight is 300 g/mol. The lowest BCUT2D eigenvalue weighted by Crippen LogP contribution is -2.34. The SMILES string of the molecule is CC(C)C(=O)N1CCc2cc(C(=O)C3CCCNC3)ccc21. The Morgan fingerprint density at radius 2 is 2.14 bits per heavy atom. The first kappa shape index (κ1) is 15.2. The quantitative estimate of drug-likeness (QED) is 0.872. The van der Waals surface area contributed by atoms with Crippen LogP contribution in [0.2, 0.25) is 0 Å². The molecule has 1 N–H and O–H groups in total. The molecule has 1 amide bonds. The number of ketones is 1. The molecule has 1 saturated heterocycles. The van der Waals surface area contributed by atoms with E-state index in [4.69, 9.17) is 0 Å². The van der Waals surface area contributed by atoms with Gasteiger partial charge in [-0.15, -0.1) is 0 Å². The number of benzene rings is 1. The molecule has 2 aliphatic rings. The third kappa shape index (κ3) is 2.80. The van der Waals surface area contributed by atoms with Gasteiger partial charge in [0.25, 0.3) is 0 Å².